The topological polar surface area (TPSA) is 54.5 Å². The summed E-state index contributed by atoms with van der Waals surface area (Å²) in [5, 5.41) is 7.51. The van der Waals surface area contributed by atoms with Crippen LogP contribution < -0.4 is 10.7 Å². The number of hydrazone groups is 1. The van der Waals surface area contributed by atoms with Crippen molar-refractivity contribution in [1.29, 1.82) is 0 Å². The van der Waals surface area contributed by atoms with E-state index in [4.69, 9.17) is 5.73 Å². The highest BCUT2D eigenvalue weighted by Gasteiger charge is 2.17. The van der Waals surface area contributed by atoms with Gasteiger partial charge in [-0.25, -0.2) is 0 Å². The second-order valence-corrected chi connectivity index (χ2v) is 4.77. The zero-order chi connectivity index (χ0) is 12.7. The lowest BCUT2D eigenvalue weighted by atomic mass is 10.1. The molecular formula is C14H16N4. The third kappa shape index (κ3) is 1.70. The Hall–Kier alpha value is -2.10. The van der Waals surface area contributed by atoms with E-state index in [2.05, 4.69) is 36.1 Å². The molecule has 4 nitrogen and oxygen atoms in total. The van der Waals surface area contributed by atoms with E-state index in [9.17, 15) is 0 Å². The second kappa shape index (κ2) is 3.98. The minimum atomic E-state index is 0.692. The third-order valence-corrected chi connectivity index (χ3v) is 3.29. The Balaban J connectivity index is 2.25. The number of nitrogens with two attached hydrogens (primary N) is 1. The van der Waals surface area contributed by atoms with Crippen LogP contribution in [-0.4, -0.2) is 17.4 Å². The molecule has 2 aromatic rings. The van der Waals surface area contributed by atoms with E-state index in [0.29, 0.717) is 5.84 Å². The monoisotopic (exact) mass is 240 g/mol. The molecule has 1 aliphatic heterocycles. The van der Waals surface area contributed by atoms with Crippen molar-refractivity contribution in [3.8, 4) is 0 Å². The van der Waals surface area contributed by atoms with Gasteiger partial charge in [0.25, 0.3) is 0 Å². The van der Waals surface area contributed by atoms with Crippen molar-refractivity contribution >= 4 is 22.4 Å². The van der Waals surface area contributed by atoms with Gasteiger partial charge >= 0.3 is 0 Å². The zero-order valence-corrected chi connectivity index (χ0v) is 10.6. The number of hydrogen-bond acceptors (Lipinski definition) is 4. The number of fused-ring (bicyclic) bond motifs is 1. The van der Waals surface area contributed by atoms with Crippen LogP contribution in [0.3, 0.4) is 0 Å². The van der Waals surface area contributed by atoms with Crippen molar-refractivity contribution in [2.24, 2.45) is 10.8 Å². The fraction of sp³-hybridized carbons (Fsp3) is 0.286. The van der Waals surface area contributed by atoms with Crippen molar-refractivity contribution < 1.29 is 0 Å². The highest BCUT2D eigenvalue weighted by molar-refractivity contribution is 5.95. The van der Waals surface area contributed by atoms with Crippen LogP contribution in [0.4, 0.5) is 5.69 Å². The first kappa shape index (κ1) is 11.0. The van der Waals surface area contributed by atoms with Gasteiger partial charge in [-0.1, -0.05) is 0 Å². The number of aromatic nitrogens is 1. The predicted molar refractivity (Wildman–Crippen MR) is 74.8 cm³/mol. The number of aryl methyl sites for hydroxylation is 2. The maximum absolute atomic E-state index is 5.76. The van der Waals surface area contributed by atoms with Gasteiger partial charge in [-0.2, -0.15) is 5.10 Å². The lowest BCUT2D eigenvalue weighted by Gasteiger charge is -2.17. The fourth-order valence-electron chi connectivity index (χ4n) is 2.36. The Morgan fingerprint density at radius 2 is 2.11 bits per heavy atom. The number of hydrogen-bond donors (Lipinski definition) is 1. The highest BCUT2D eigenvalue weighted by atomic mass is 15.5. The molecule has 2 heterocycles. The molecule has 0 saturated heterocycles. The maximum atomic E-state index is 5.76. The summed E-state index contributed by atoms with van der Waals surface area (Å²) in [6, 6.07) is 6.33. The van der Waals surface area contributed by atoms with Crippen molar-refractivity contribution in [1.82, 2.24) is 4.98 Å². The maximum Gasteiger partial charge on any atom is 0.122 e. The molecule has 1 aliphatic rings. The van der Waals surface area contributed by atoms with Gasteiger partial charge in [0.2, 0.25) is 0 Å². The number of amidine groups is 1. The van der Waals surface area contributed by atoms with Crippen LogP contribution in [0.15, 0.2) is 29.5 Å². The van der Waals surface area contributed by atoms with E-state index in [1.165, 1.54) is 16.5 Å². The summed E-state index contributed by atoms with van der Waals surface area (Å²) in [7, 11) is 0. The molecule has 0 bridgehead atoms. The number of benzene rings is 1. The Bertz CT molecular complexity index is 646. The van der Waals surface area contributed by atoms with Crippen LogP contribution in [0.2, 0.25) is 0 Å². The molecule has 0 spiro atoms. The predicted octanol–water partition coefficient (Wildman–Crippen LogP) is 2.33. The molecule has 0 unspecified atom stereocenters. The van der Waals surface area contributed by atoms with Gasteiger partial charge in [0.1, 0.15) is 5.84 Å². The molecule has 3 rings (SSSR count). The van der Waals surface area contributed by atoms with Gasteiger partial charge in [0.15, 0.2) is 0 Å². The molecule has 0 aliphatic carbocycles. The number of rotatable bonds is 1. The summed E-state index contributed by atoms with van der Waals surface area (Å²) >= 11 is 0. The summed E-state index contributed by atoms with van der Waals surface area (Å²) in [5.41, 5.74) is 10.3. The number of nitrogens with zero attached hydrogens (tertiary/aromatic N) is 3. The van der Waals surface area contributed by atoms with Crippen molar-refractivity contribution in [2.45, 2.75) is 20.3 Å². The third-order valence-electron chi connectivity index (χ3n) is 3.29. The molecular weight excluding hydrogens is 224 g/mol. The van der Waals surface area contributed by atoms with E-state index in [-0.39, 0.29) is 0 Å². The van der Waals surface area contributed by atoms with Crippen molar-refractivity contribution in [2.75, 3.05) is 11.6 Å². The first-order valence-corrected chi connectivity index (χ1v) is 6.11. The molecule has 1 aromatic carbocycles. The van der Waals surface area contributed by atoms with Gasteiger partial charge < -0.3 is 5.73 Å². The normalized spacial score (nSPS) is 15.2. The van der Waals surface area contributed by atoms with Crippen LogP contribution in [0.5, 0.6) is 0 Å². The van der Waals surface area contributed by atoms with E-state index >= 15 is 0 Å². The summed E-state index contributed by atoms with van der Waals surface area (Å²) < 4.78 is 0. The lowest BCUT2D eigenvalue weighted by Crippen LogP contribution is -2.13. The summed E-state index contributed by atoms with van der Waals surface area (Å²) in [5.74, 6) is 0.692. The first-order chi connectivity index (χ1) is 8.65. The Labute approximate surface area is 106 Å². The minimum Gasteiger partial charge on any atom is -0.386 e. The van der Waals surface area contributed by atoms with E-state index in [0.717, 1.165) is 24.2 Å². The minimum absolute atomic E-state index is 0.692. The molecule has 0 saturated carbocycles. The molecule has 0 amide bonds. The van der Waals surface area contributed by atoms with Gasteiger partial charge in [0.05, 0.1) is 11.2 Å². The van der Waals surface area contributed by atoms with Gasteiger partial charge in [-0.3, -0.25) is 9.99 Å². The van der Waals surface area contributed by atoms with Gasteiger partial charge in [-0.05, 0) is 43.2 Å². The number of anilines is 1. The molecule has 0 atom stereocenters. The average molecular weight is 240 g/mol. The molecule has 1 aromatic heterocycles. The van der Waals surface area contributed by atoms with Crippen molar-refractivity contribution in [3.05, 3.63) is 35.5 Å². The van der Waals surface area contributed by atoms with Crippen LogP contribution in [0.25, 0.3) is 10.9 Å². The van der Waals surface area contributed by atoms with Crippen LogP contribution in [0.1, 0.15) is 17.5 Å². The van der Waals surface area contributed by atoms with Crippen LogP contribution in [0, 0.1) is 13.8 Å². The quantitative estimate of drug-likeness (QED) is 0.832. The highest BCUT2D eigenvalue weighted by Crippen LogP contribution is 2.30. The summed E-state index contributed by atoms with van der Waals surface area (Å²) in [6.45, 7) is 5.04. The standard InChI is InChI=1S/C14H16N4/c1-9-7-11-10(2)3-5-16-14(11)12(8-9)18-6-4-13(15)17-18/h3,5,7-8H,4,6H2,1-2H3,(H2,15,17). The van der Waals surface area contributed by atoms with Crippen LogP contribution >= 0.6 is 0 Å². The van der Waals surface area contributed by atoms with Gasteiger partial charge in [-0.15, -0.1) is 0 Å². The smallest absolute Gasteiger partial charge is 0.122 e. The molecule has 4 heteroatoms. The molecule has 0 radical (unpaired) electrons. The fourth-order valence-corrected chi connectivity index (χ4v) is 2.36. The Morgan fingerprint density at radius 3 is 2.83 bits per heavy atom. The largest absolute Gasteiger partial charge is 0.386 e. The zero-order valence-electron chi connectivity index (χ0n) is 10.6. The summed E-state index contributed by atoms with van der Waals surface area (Å²) in [6.07, 6.45) is 2.67. The Morgan fingerprint density at radius 1 is 1.28 bits per heavy atom. The molecule has 0 fully saturated rings. The molecule has 2 N–H and O–H groups in total. The molecule has 18 heavy (non-hydrogen) atoms. The lowest BCUT2D eigenvalue weighted by molar-refractivity contribution is 0.924. The van der Waals surface area contributed by atoms with Crippen LogP contribution in [-0.2, 0) is 0 Å². The van der Waals surface area contributed by atoms with Crippen molar-refractivity contribution in [3.63, 3.8) is 0 Å². The van der Waals surface area contributed by atoms with E-state index in [1.807, 2.05) is 17.3 Å². The Kier molecular flexibility index (Phi) is 2.44. The van der Waals surface area contributed by atoms with E-state index < -0.39 is 0 Å². The number of pyridine rings is 1. The second-order valence-electron chi connectivity index (χ2n) is 4.77. The molecule has 92 valence electrons. The summed E-state index contributed by atoms with van der Waals surface area (Å²) in [4.78, 5) is 4.50. The SMILES string of the molecule is Cc1cc(N2CCC(N)=N2)c2nccc(C)c2c1. The first-order valence-electron chi connectivity index (χ1n) is 6.11. The van der Waals surface area contributed by atoms with E-state index in [1.54, 1.807) is 0 Å². The average Bonchev–Trinajstić information content (AvgIpc) is 2.76. The van der Waals surface area contributed by atoms with Gasteiger partial charge in [0, 0.05) is 24.5 Å².